The third-order valence-electron chi connectivity index (χ3n) is 4.13. The molecule has 5 nitrogen and oxygen atoms in total. The van der Waals surface area contributed by atoms with Crippen LogP contribution in [0.3, 0.4) is 0 Å². The lowest BCUT2D eigenvalue weighted by molar-refractivity contribution is 0.0763. The summed E-state index contributed by atoms with van der Waals surface area (Å²) in [5, 5.41) is 7.58. The zero-order valence-corrected chi connectivity index (χ0v) is 11.0. The first-order valence-corrected chi connectivity index (χ1v) is 6.49. The molecule has 2 heterocycles. The highest BCUT2D eigenvalue weighted by molar-refractivity contribution is 5.92. The Bertz CT molecular complexity index is 425. The van der Waals surface area contributed by atoms with E-state index in [0.717, 1.165) is 32.4 Å². The van der Waals surface area contributed by atoms with Gasteiger partial charge >= 0.3 is 0 Å². The normalized spacial score (nSPS) is 18.0. The van der Waals surface area contributed by atoms with Gasteiger partial charge in [0, 0.05) is 13.1 Å². The average Bonchev–Trinajstić information content (AvgIpc) is 2.84. The van der Waals surface area contributed by atoms with Crippen molar-refractivity contribution in [3.63, 3.8) is 0 Å². The van der Waals surface area contributed by atoms with Gasteiger partial charge in [-0.25, -0.2) is 0 Å². The van der Waals surface area contributed by atoms with Gasteiger partial charge < -0.3 is 10.6 Å². The van der Waals surface area contributed by atoms with Gasteiger partial charge in [-0.3, -0.25) is 4.79 Å². The van der Waals surface area contributed by atoms with Crippen LogP contribution in [-0.2, 0) is 0 Å². The van der Waals surface area contributed by atoms with Gasteiger partial charge in [-0.2, -0.15) is 0 Å². The summed E-state index contributed by atoms with van der Waals surface area (Å²) < 4.78 is 0. The fraction of sp³-hybridized carbons (Fsp3) is 0.615. The Morgan fingerprint density at radius 2 is 2.11 bits per heavy atom. The Morgan fingerprint density at radius 3 is 2.61 bits per heavy atom. The summed E-state index contributed by atoms with van der Waals surface area (Å²) in [7, 11) is 0. The SMILES string of the molecule is CCC1(CC)CCN(C(=O)c2ccc(N)nn2)C1. The van der Waals surface area contributed by atoms with Gasteiger partial charge in [0.15, 0.2) is 5.69 Å². The molecule has 0 bridgehead atoms. The van der Waals surface area contributed by atoms with Crippen molar-refractivity contribution in [1.29, 1.82) is 0 Å². The monoisotopic (exact) mass is 248 g/mol. The lowest BCUT2D eigenvalue weighted by Gasteiger charge is -2.26. The molecule has 1 amide bonds. The van der Waals surface area contributed by atoms with E-state index in [0.29, 0.717) is 11.5 Å². The van der Waals surface area contributed by atoms with Crippen molar-refractivity contribution < 1.29 is 4.79 Å². The van der Waals surface area contributed by atoms with Gasteiger partial charge in [0.25, 0.3) is 5.91 Å². The van der Waals surface area contributed by atoms with Crippen LogP contribution in [0.2, 0.25) is 0 Å². The van der Waals surface area contributed by atoms with Gasteiger partial charge in [-0.05, 0) is 36.8 Å². The number of hydrogen-bond acceptors (Lipinski definition) is 4. The van der Waals surface area contributed by atoms with Crippen molar-refractivity contribution in [2.24, 2.45) is 5.41 Å². The van der Waals surface area contributed by atoms with E-state index in [2.05, 4.69) is 24.0 Å². The molecule has 0 aromatic carbocycles. The predicted octanol–water partition coefficient (Wildman–Crippen LogP) is 1.71. The summed E-state index contributed by atoms with van der Waals surface area (Å²) >= 11 is 0. The smallest absolute Gasteiger partial charge is 0.274 e. The van der Waals surface area contributed by atoms with Crippen LogP contribution in [-0.4, -0.2) is 34.1 Å². The maximum Gasteiger partial charge on any atom is 0.274 e. The molecule has 1 aromatic rings. The molecule has 0 aliphatic carbocycles. The molecule has 0 saturated carbocycles. The van der Waals surface area contributed by atoms with Crippen LogP contribution in [0, 0.1) is 5.41 Å². The number of anilines is 1. The van der Waals surface area contributed by atoms with E-state index >= 15 is 0 Å². The molecule has 98 valence electrons. The van der Waals surface area contributed by atoms with Crippen LogP contribution in [0.5, 0.6) is 0 Å². The van der Waals surface area contributed by atoms with Crippen molar-refractivity contribution >= 4 is 11.7 Å². The molecule has 1 fully saturated rings. The van der Waals surface area contributed by atoms with Crippen LogP contribution in [0.1, 0.15) is 43.6 Å². The fourth-order valence-electron chi connectivity index (χ4n) is 2.55. The number of rotatable bonds is 3. The lowest BCUT2D eigenvalue weighted by Crippen LogP contribution is -2.32. The molecule has 0 atom stereocenters. The minimum absolute atomic E-state index is 0.0359. The highest BCUT2D eigenvalue weighted by Crippen LogP contribution is 2.37. The van der Waals surface area contributed by atoms with Gasteiger partial charge in [-0.15, -0.1) is 10.2 Å². The first kappa shape index (κ1) is 12.8. The molecule has 0 radical (unpaired) electrons. The maximum atomic E-state index is 12.3. The predicted molar refractivity (Wildman–Crippen MR) is 70.0 cm³/mol. The number of nitrogen functional groups attached to an aromatic ring is 1. The van der Waals surface area contributed by atoms with Crippen LogP contribution in [0.25, 0.3) is 0 Å². The number of aromatic nitrogens is 2. The van der Waals surface area contributed by atoms with Crippen LogP contribution in [0.15, 0.2) is 12.1 Å². The quantitative estimate of drug-likeness (QED) is 0.884. The van der Waals surface area contributed by atoms with Gasteiger partial charge in [0.05, 0.1) is 0 Å². The summed E-state index contributed by atoms with van der Waals surface area (Å²) in [6.07, 6.45) is 3.30. The topological polar surface area (TPSA) is 72.1 Å². The van der Waals surface area contributed by atoms with E-state index in [1.807, 2.05) is 4.90 Å². The first-order valence-electron chi connectivity index (χ1n) is 6.49. The molecule has 2 rings (SSSR count). The van der Waals surface area contributed by atoms with Crippen LogP contribution in [0.4, 0.5) is 5.82 Å². The van der Waals surface area contributed by atoms with E-state index in [9.17, 15) is 4.79 Å². The third-order valence-corrected chi connectivity index (χ3v) is 4.13. The van der Waals surface area contributed by atoms with Crippen molar-refractivity contribution in [3.05, 3.63) is 17.8 Å². The summed E-state index contributed by atoms with van der Waals surface area (Å²) in [5.41, 5.74) is 6.14. The highest BCUT2D eigenvalue weighted by Gasteiger charge is 2.37. The second-order valence-corrected chi connectivity index (χ2v) is 5.03. The van der Waals surface area contributed by atoms with Crippen molar-refractivity contribution in [2.75, 3.05) is 18.8 Å². The van der Waals surface area contributed by atoms with Crippen molar-refractivity contribution in [2.45, 2.75) is 33.1 Å². The molecule has 2 N–H and O–H groups in total. The van der Waals surface area contributed by atoms with E-state index in [4.69, 9.17) is 5.73 Å². The molecular weight excluding hydrogens is 228 g/mol. The highest BCUT2D eigenvalue weighted by atomic mass is 16.2. The Kier molecular flexibility index (Phi) is 3.50. The second kappa shape index (κ2) is 4.92. The molecule has 1 aromatic heterocycles. The minimum atomic E-state index is -0.0359. The van der Waals surface area contributed by atoms with Gasteiger partial charge in [0.2, 0.25) is 0 Å². The Balaban J connectivity index is 2.10. The summed E-state index contributed by atoms with van der Waals surface area (Å²) in [4.78, 5) is 14.1. The Labute approximate surface area is 107 Å². The molecule has 1 aliphatic rings. The Hall–Kier alpha value is -1.65. The fourth-order valence-corrected chi connectivity index (χ4v) is 2.55. The van der Waals surface area contributed by atoms with Crippen molar-refractivity contribution in [1.82, 2.24) is 15.1 Å². The summed E-state index contributed by atoms with van der Waals surface area (Å²) in [6.45, 7) is 6.03. The zero-order chi connectivity index (χ0) is 13.2. The zero-order valence-electron chi connectivity index (χ0n) is 11.0. The number of carbonyl (C=O) groups is 1. The summed E-state index contributed by atoms with van der Waals surface area (Å²) in [6, 6.07) is 3.26. The number of nitrogens with two attached hydrogens (primary N) is 1. The molecular formula is C13H20N4O. The second-order valence-electron chi connectivity index (χ2n) is 5.03. The van der Waals surface area contributed by atoms with Gasteiger partial charge in [0.1, 0.15) is 5.82 Å². The van der Waals surface area contributed by atoms with Gasteiger partial charge in [-0.1, -0.05) is 13.8 Å². The molecule has 0 unspecified atom stereocenters. The third kappa shape index (κ3) is 2.30. The van der Waals surface area contributed by atoms with E-state index in [1.165, 1.54) is 0 Å². The number of nitrogens with zero attached hydrogens (tertiary/aromatic N) is 3. The minimum Gasteiger partial charge on any atom is -0.382 e. The summed E-state index contributed by atoms with van der Waals surface area (Å²) in [5.74, 6) is 0.302. The Morgan fingerprint density at radius 1 is 1.39 bits per heavy atom. The van der Waals surface area contributed by atoms with Crippen LogP contribution >= 0.6 is 0 Å². The van der Waals surface area contributed by atoms with E-state index < -0.39 is 0 Å². The molecule has 5 heteroatoms. The molecule has 1 saturated heterocycles. The standard InChI is InChI=1S/C13H20N4O/c1-3-13(4-2)7-8-17(9-13)12(18)10-5-6-11(14)16-15-10/h5-6H,3-4,7-9H2,1-2H3,(H2,14,16). The molecule has 18 heavy (non-hydrogen) atoms. The lowest BCUT2D eigenvalue weighted by atomic mass is 9.82. The average molecular weight is 248 g/mol. The van der Waals surface area contributed by atoms with E-state index in [1.54, 1.807) is 12.1 Å². The van der Waals surface area contributed by atoms with Crippen LogP contribution < -0.4 is 5.73 Å². The largest absolute Gasteiger partial charge is 0.382 e. The molecule has 1 aliphatic heterocycles. The number of likely N-dealkylation sites (tertiary alicyclic amines) is 1. The maximum absolute atomic E-state index is 12.3. The molecule has 0 spiro atoms. The van der Waals surface area contributed by atoms with E-state index in [-0.39, 0.29) is 11.3 Å². The van der Waals surface area contributed by atoms with Crippen molar-refractivity contribution in [3.8, 4) is 0 Å². The number of hydrogen-bond donors (Lipinski definition) is 1. The first-order chi connectivity index (χ1) is 8.60. The number of carbonyl (C=O) groups excluding carboxylic acids is 1. The number of amides is 1.